The molecule has 1 aromatic heterocycles. The minimum Gasteiger partial charge on any atom is -0.493 e. The van der Waals surface area contributed by atoms with E-state index in [2.05, 4.69) is 15.3 Å². The maximum absolute atomic E-state index is 11.8. The van der Waals surface area contributed by atoms with E-state index in [1.807, 2.05) is 13.8 Å². The van der Waals surface area contributed by atoms with Crippen LogP contribution in [0.2, 0.25) is 0 Å². The van der Waals surface area contributed by atoms with Crippen LogP contribution in [0.5, 0.6) is 17.2 Å². The monoisotopic (exact) mass is 432 g/mol. The lowest BCUT2D eigenvalue weighted by Gasteiger charge is -2.17. The highest BCUT2D eigenvalue weighted by Gasteiger charge is 2.15. The Kier molecular flexibility index (Phi) is 6.28. The summed E-state index contributed by atoms with van der Waals surface area (Å²) in [6.07, 6.45) is 1.35. The minimum atomic E-state index is -3.84. The molecule has 1 heterocycles. The molecular weight excluding hydrogens is 408 g/mol. The smallest absolute Gasteiger partial charge is 0.238 e. The molecule has 0 bridgehead atoms. The number of sulfonamides is 1. The van der Waals surface area contributed by atoms with Crippen molar-refractivity contribution in [2.24, 2.45) is 5.14 Å². The lowest BCUT2D eigenvalue weighted by Crippen LogP contribution is -2.14. The summed E-state index contributed by atoms with van der Waals surface area (Å²) < 4.78 is 40.0. The fraction of sp³-hybridized carbons (Fsp3) is 0.300. The van der Waals surface area contributed by atoms with E-state index < -0.39 is 10.0 Å². The van der Waals surface area contributed by atoms with Gasteiger partial charge in [-0.15, -0.1) is 0 Å². The van der Waals surface area contributed by atoms with Gasteiger partial charge in [-0.05, 0) is 38.1 Å². The molecule has 0 fully saturated rings. The van der Waals surface area contributed by atoms with Crippen molar-refractivity contribution in [2.75, 3.05) is 19.5 Å². The molecule has 10 heteroatoms. The third kappa shape index (κ3) is 4.71. The van der Waals surface area contributed by atoms with Crippen molar-refractivity contribution in [1.29, 1.82) is 0 Å². The highest BCUT2D eigenvalue weighted by Crippen LogP contribution is 2.34. The van der Waals surface area contributed by atoms with E-state index in [9.17, 15) is 8.42 Å². The van der Waals surface area contributed by atoms with Gasteiger partial charge in [0.05, 0.1) is 30.7 Å². The van der Waals surface area contributed by atoms with Crippen molar-refractivity contribution in [2.45, 2.75) is 31.4 Å². The fourth-order valence-corrected chi connectivity index (χ4v) is 3.51. The molecule has 160 valence electrons. The van der Waals surface area contributed by atoms with Gasteiger partial charge in [0.2, 0.25) is 10.0 Å². The van der Waals surface area contributed by atoms with Gasteiger partial charge in [0, 0.05) is 23.6 Å². The van der Waals surface area contributed by atoms with Crippen molar-refractivity contribution in [1.82, 2.24) is 9.97 Å². The van der Waals surface area contributed by atoms with E-state index in [1.54, 1.807) is 32.4 Å². The molecule has 0 unspecified atom stereocenters. The number of anilines is 1. The van der Waals surface area contributed by atoms with Gasteiger partial charge in [0.25, 0.3) is 0 Å². The molecule has 0 aliphatic carbocycles. The molecule has 3 N–H and O–H groups in total. The van der Waals surface area contributed by atoms with Crippen molar-refractivity contribution < 1.29 is 22.6 Å². The highest BCUT2D eigenvalue weighted by atomic mass is 32.2. The summed E-state index contributed by atoms with van der Waals surface area (Å²) in [7, 11) is -0.739. The van der Waals surface area contributed by atoms with Crippen LogP contribution in [0.15, 0.2) is 41.6 Å². The number of hydrogen-bond donors (Lipinski definition) is 2. The van der Waals surface area contributed by atoms with Gasteiger partial charge in [-0.25, -0.2) is 23.5 Å². The Morgan fingerprint density at radius 1 is 1.03 bits per heavy atom. The number of nitrogens with one attached hydrogen (secondary N) is 1. The standard InChI is InChI=1S/C20H24N4O5S/c1-12(2)29-17-6-5-14(30(21,25)26)7-13(17)10-22-20-15-8-18(27-3)19(28-4)9-16(15)23-11-24-20/h5-9,11-12H,10H2,1-4H3,(H2,21,25,26)(H,22,23,24). The Morgan fingerprint density at radius 2 is 1.73 bits per heavy atom. The molecule has 2 aromatic carbocycles. The van der Waals surface area contributed by atoms with E-state index in [0.717, 1.165) is 5.39 Å². The van der Waals surface area contributed by atoms with E-state index in [-0.39, 0.29) is 17.5 Å². The average Bonchev–Trinajstić information content (AvgIpc) is 2.70. The lowest BCUT2D eigenvalue weighted by atomic mass is 10.1. The number of aromatic nitrogens is 2. The third-order valence-electron chi connectivity index (χ3n) is 4.31. The van der Waals surface area contributed by atoms with Gasteiger partial charge in [-0.2, -0.15) is 0 Å². The predicted octanol–water partition coefficient (Wildman–Crippen LogP) is 2.69. The van der Waals surface area contributed by atoms with E-state index in [1.165, 1.54) is 18.5 Å². The van der Waals surface area contributed by atoms with Crippen LogP contribution in [0.1, 0.15) is 19.4 Å². The largest absolute Gasteiger partial charge is 0.493 e. The van der Waals surface area contributed by atoms with Crippen LogP contribution < -0.4 is 24.7 Å². The number of nitrogens with two attached hydrogens (primary N) is 1. The zero-order valence-corrected chi connectivity index (χ0v) is 18.0. The molecule has 0 amide bonds. The number of benzene rings is 2. The number of rotatable bonds is 8. The third-order valence-corrected chi connectivity index (χ3v) is 5.22. The molecule has 0 aliphatic heterocycles. The first-order valence-corrected chi connectivity index (χ1v) is 10.7. The summed E-state index contributed by atoms with van der Waals surface area (Å²) in [5.41, 5.74) is 1.30. The van der Waals surface area contributed by atoms with Gasteiger partial charge >= 0.3 is 0 Å². The summed E-state index contributed by atoms with van der Waals surface area (Å²) in [5, 5.41) is 9.23. The van der Waals surface area contributed by atoms with Gasteiger partial charge < -0.3 is 19.5 Å². The first kappa shape index (κ1) is 21.6. The van der Waals surface area contributed by atoms with Crippen LogP contribution in [0.25, 0.3) is 10.9 Å². The Labute approximate surface area is 175 Å². The molecule has 0 atom stereocenters. The van der Waals surface area contributed by atoms with Crippen LogP contribution in [0, 0.1) is 0 Å². The first-order chi connectivity index (χ1) is 14.2. The first-order valence-electron chi connectivity index (χ1n) is 9.16. The van der Waals surface area contributed by atoms with Crippen LogP contribution in [-0.4, -0.2) is 38.7 Å². The highest BCUT2D eigenvalue weighted by molar-refractivity contribution is 7.89. The van der Waals surface area contributed by atoms with Crippen LogP contribution >= 0.6 is 0 Å². The number of hydrogen-bond acceptors (Lipinski definition) is 8. The van der Waals surface area contributed by atoms with Gasteiger partial charge in [-0.3, -0.25) is 0 Å². The van der Waals surface area contributed by atoms with E-state index >= 15 is 0 Å². The Bertz CT molecular complexity index is 1170. The summed E-state index contributed by atoms with van der Waals surface area (Å²) in [6, 6.07) is 8.06. The summed E-state index contributed by atoms with van der Waals surface area (Å²) in [5.74, 6) is 2.21. The van der Waals surface area contributed by atoms with Crippen LogP contribution in [-0.2, 0) is 16.6 Å². The Hall–Kier alpha value is -3.11. The van der Waals surface area contributed by atoms with E-state index in [0.29, 0.717) is 34.1 Å². The van der Waals surface area contributed by atoms with Crippen LogP contribution in [0.4, 0.5) is 5.82 Å². The summed E-state index contributed by atoms with van der Waals surface area (Å²) in [6.45, 7) is 4.04. The zero-order chi connectivity index (χ0) is 21.9. The van der Waals surface area contributed by atoms with Crippen molar-refractivity contribution in [3.05, 3.63) is 42.2 Å². The number of primary sulfonamides is 1. The molecule has 30 heavy (non-hydrogen) atoms. The minimum absolute atomic E-state index is 0.00866. The summed E-state index contributed by atoms with van der Waals surface area (Å²) in [4.78, 5) is 8.60. The molecule has 0 aliphatic rings. The van der Waals surface area contributed by atoms with Gasteiger partial charge in [0.15, 0.2) is 11.5 Å². The molecule has 0 saturated carbocycles. The average molecular weight is 433 g/mol. The molecule has 3 rings (SSSR count). The molecular formula is C20H24N4O5S. The second kappa shape index (κ2) is 8.72. The molecule has 0 saturated heterocycles. The number of methoxy groups -OCH3 is 2. The fourth-order valence-electron chi connectivity index (χ4n) is 2.94. The van der Waals surface area contributed by atoms with Gasteiger partial charge in [-0.1, -0.05) is 0 Å². The second-order valence-electron chi connectivity index (χ2n) is 6.78. The maximum atomic E-state index is 11.8. The molecule has 9 nitrogen and oxygen atoms in total. The number of ether oxygens (including phenoxy) is 3. The van der Waals surface area contributed by atoms with Crippen molar-refractivity contribution in [3.8, 4) is 17.2 Å². The second-order valence-corrected chi connectivity index (χ2v) is 8.34. The quantitative estimate of drug-likeness (QED) is 0.556. The number of fused-ring (bicyclic) bond motifs is 1. The molecule has 3 aromatic rings. The normalized spacial score (nSPS) is 11.5. The maximum Gasteiger partial charge on any atom is 0.238 e. The Balaban J connectivity index is 1.99. The summed E-state index contributed by atoms with van der Waals surface area (Å²) >= 11 is 0. The molecule has 0 radical (unpaired) electrons. The zero-order valence-electron chi connectivity index (χ0n) is 17.2. The van der Waals surface area contributed by atoms with Gasteiger partial charge in [0.1, 0.15) is 17.9 Å². The molecule has 0 spiro atoms. The topological polar surface area (TPSA) is 126 Å². The lowest BCUT2D eigenvalue weighted by molar-refractivity contribution is 0.240. The predicted molar refractivity (Wildman–Crippen MR) is 114 cm³/mol. The Morgan fingerprint density at radius 3 is 2.37 bits per heavy atom. The van der Waals surface area contributed by atoms with Crippen LogP contribution in [0.3, 0.4) is 0 Å². The SMILES string of the molecule is COc1cc2ncnc(NCc3cc(S(N)(=O)=O)ccc3OC(C)C)c2cc1OC. The van der Waals surface area contributed by atoms with Crippen molar-refractivity contribution >= 4 is 26.7 Å². The van der Waals surface area contributed by atoms with E-state index in [4.69, 9.17) is 19.3 Å². The van der Waals surface area contributed by atoms with Crippen molar-refractivity contribution in [3.63, 3.8) is 0 Å². The number of nitrogens with zero attached hydrogens (tertiary/aromatic N) is 2.